The molecule has 0 bridgehead atoms. The molecule has 7 heteroatoms. The summed E-state index contributed by atoms with van der Waals surface area (Å²) in [6.07, 6.45) is -4.34. The molecular formula is C15H20F3N3O. The molecule has 1 aliphatic heterocycles. The van der Waals surface area contributed by atoms with Gasteiger partial charge in [0.1, 0.15) is 0 Å². The Labute approximate surface area is 127 Å². The second-order valence-electron chi connectivity index (χ2n) is 5.79. The molecule has 1 aromatic rings. The molecule has 0 aliphatic carbocycles. The second kappa shape index (κ2) is 6.66. The summed E-state index contributed by atoms with van der Waals surface area (Å²) in [5.74, 6) is -0.680. The molecule has 1 atom stereocenters. The third-order valence-electron chi connectivity index (χ3n) is 3.87. The van der Waals surface area contributed by atoms with Gasteiger partial charge in [-0.25, -0.2) is 0 Å². The van der Waals surface area contributed by atoms with Gasteiger partial charge in [-0.05, 0) is 18.7 Å². The standard InChI is InChI=1S/C15H20F3N3O/c1-20-5-6-21(10-12(9-20)14(19)22)8-11-3-2-4-13(7-11)15(16,17)18/h2-4,7,12H,5-6,8-10H2,1H3,(H2,19,22)/t12-/m0/s1. The van der Waals surface area contributed by atoms with E-state index in [2.05, 4.69) is 0 Å². The summed E-state index contributed by atoms with van der Waals surface area (Å²) in [7, 11) is 1.91. The number of hydrogen-bond acceptors (Lipinski definition) is 3. The van der Waals surface area contributed by atoms with Crippen molar-refractivity contribution >= 4 is 5.91 Å². The van der Waals surface area contributed by atoms with E-state index < -0.39 is 11.7 Å². The van der Waals surface area contributed by atoms with Crippen LogP contribution in [0.3, 0.4) is 0 Å². The lowest BCUT2D eigenvalue weighted by atomic mass is 10.1. The molecule has 1 fully saturated rings. The first kappa shape index (κ1) is 16.8. The number of carbonyl (C=O) groups is 1. The fraction of sp³-hybridized carbons (Fsp3) is 0.533. The Bertz CT molecular complexity index is 533. The molecule has 0 unspecified atom stereocenters. The molecule has 0 aromatic heterocycles. The summed E-state index contributed by atoms with van der Waals surface area (Å²) in [5, 5.41) is 0. The zero-order chi connectivity index (χ0) is 16.3. The molecule has 4 nitrogen and oxygen atoms in total. The van der Waals surface area contributed by atoms with E-state index in [-0.39, 0.29) is 11.8 Å². The summed E-state index contributed by atoms with van der Waals surface area (Å²) in [4.78, 5) is 15.5. The Morgan fingerprint density at radius 3 is 2.68 bits per heavy atom. The van der Waals surface area contributed by atoms with Gasteiger partial charge in [0.25, 0.3) is 0 Å². The third-order valence-corrected chi connectivity index (χ3v) is 3.87. The number of nitrogens with zero attached hydrogens (tertiary/aromatic N) is 2. The van der Waals surface area contributed by atoms with Gasteiger partial charge in [-0.2, -0.15) is 13.2 Å². The van der Waals surface area contributed by atoms with Crippen molar-refractivity contribution < 1.29 is 18.0 Å². The van der Waals surface area contributed by atoms with Crippen molar-refractivity contribution in [1.29, 1.82) is 0 Å². The van der Waals surface area contributed by atoms with Gasteiger partial charge < -0.3 is 10.6 Å². The Hall–Kier alpha value is -1.60. The number of nitrogens with two attached hydrogens (primary N) is 1. The number of amides is 1. The van der Waals surface area contributed by atoms with Crippen LogP contribution in [0.15, 0.2) is 24.3 Å². The van der Waals surface area contributed by atoms with Gasteiger partial charge in [0.2, 0.25) is 5.91 Å². The van der Waals surface area contributed by atoms with Crippen LogP contribution in [0.2, 0.25) is 0 Å². The first-order valence-electron chi connectivity index (χ1n) is 7.12. The van der Waals surface area contributed by atoms with Crippen LogP contribution >= 0.6 is 0 Å². The summed E-state index contributed by atoms with van der Waals surface area (Å²) >= 11 is 0. The highest BCUT2D eigenvalue weighted by atomic mass is 19.4. The van der Waals surface area contributed by atoms with E-state index >= 15 is 0 Å². The topological polar surface area (TPSA) is 49.6 Å². The molecule has 1 heterocycles. The van der Waals surface area contributed by atoms with Crippen molar-refractivity contribution in [3.8, 4) is 0 Å². The van der Waals surface area contributed by atoms with Crippen molar-refractivity contribution in [1.82, 2.24) is 9.80 Å². The summed E-state index contributed by atoms with van der Waals surface area (Å²) in [6.45, 7) is 2.87. The fourth-order valence-corrected chi connectivity index (χ4v) is 2.67. The molecule has 0 spiro atoms. The van der Waals surface area contributed by atoms with Crippen LogP contribution in [0.5, 0.6) is 0 Å². The van der Waals surface area contributed by atoms with E-state index in [1.807, 2.05) is 16.8 Å². The predicted octanol–water partition coefficient (Wildman–Crippen LogP) is 1.55. The average Bonchev–Trinajstić information content (AvgIpc) is 2.61. The monoisotopic (exact) mass is 315 g/mol. The number of likely N-dealkylation sites (N-methyl/N-ethyl adjacent to an activating group) is 1. The van der Waals surface area contributed by atoms with Crippen LogP contribution in [0, 0.1) is 5.92 Å². The van der Waals surface area contributed by atoms with Crippen molar-refractivity contribution in [3.05, 3.63) is 35.4 Å². The predicted molar refractivity (Wildman–Crippen MR) is 76.9 cm³/mol. The number of carbonyl (C=O) groups excluding carboxylic acids is 1. The van der Waals surface area contributed by atoms with Gasteiger partial charge >= 0.3 is 6.18 Å². The van der Waals surface area contributed by atoms with Crippen LogP contribution in [0.25, 0.3) is 0 Å². The highest BCUT2D eigenvalue weighted by molar-refractivity contribution is 5.77. The highest BCUT2D eigenvalue weighted by Gasteiger charge is 2.31. The normalized spacial score (nSPS) is 21.5. The van der Waals surface area contributed by atoms with E-state index in [1.165, 1.54) is 6.07 Å². The van der Waals surface area contributed by atoms with Crippen molar-refractivity contribution in [3.63, 3.8) is 0 Å². The molecule has 1 saturated heterocycles. The van der Waals surface area contributed by atoms with E-state index in [0.717, 1.165) is 18.7 Å². The molecule has 0 saturated carbocycles. The molecule has 122 valence electrons. The van der Waals surface area contributed by atoms with Gasteiger partial charge in [-0.1, -0.05) is 18.2 Å². The molecule has 2 rings (SSSR count). The largest absolute Gasteiger partial charge is 0.416 e. The van der Waals surface area contributed by atoms with Crippen molar-refractivity contribution in [2.24, 2.45) is 11.7 Å². The Kier molecular flexibility index (Phi) is 5.08. The fourth-order valence-electron chi connectivity index (χ4n) is 2.67. The minimum absolute atomic E-state index is 0.307. The summed E-state index contributed by atoms with van der Waals surface area (Å²) in [5.41, 5.74) is 5.33. The quantitative estimate of drug-likeness (QED) is 0.921. The molecule has 1 aliphatic rings. The van der Waals surface area contributed by atoms with Crippen LogP contribution < -0.4 is 5.73 Å². The van der Waals surface area contributed by atoms with Gasteiger partial charge in [0, 0.05) is 32.7 Å². The smallest absolute Gasteiger partial charge is 0.369 e. The molecule has 22 heavy (non-hydrogen) atoms. The Balaban J connectivity index is 2.10. The lowest BCUT2D eigenvalue weighted by Crippen LogP contribution is -2.37. The number of rotatable bonds is 3. The first-order chi connectivity index (χ1) is 10.3. The number of benzene rings is 1. The molecule has 1 amide bonds. The minimum atomic E-state index is -4.34. The number of halogens is 3. The summed E-state index contributed by atoms with van der Waals surface area (Å²) in [6, 6.07) is 5.30. The molecule has 2 N–H and O–H groups in total. The summed E-state index contributed by atoms with van der Waals surface area (Å²) < 4.78 is 38.2. The minimum Gasteiger partial charge on any atom is -0.369 e. The van der Waals surface area contributed by atoms with E-state index in [9.17, 15) is 18.0 Å². The average molecular weight is 315 g/mol. The van der Waals surface area contributed by atoms with E-state index in [0.29, 0.717) is 31.7 Å². The van der Waals surface area contributed by atoms with Gasteiger partial charge in [0.15, 0.2) is 0 Å². The number of alkyl halides is 3. The van der Waals surface area contributed by atoms with Crippen LogP contribution in [0.4, 0.5) is 13.2 Å². The SMILES string of the molecule is CN1CCN(Cc2cccc(C(F)(F)F)c2)C[C@@H](C(N)=O)C1. The lowest BCUT2D eigenvalue weighted by molar-refractivity contribution is -0.137. The maximum absolute atomic E-state index is 12.7. The van der Waals surface area contributed by atoms with Crippen LogP contribution in [0.1, 0.15) is 11.1 Å². The van der Waals surface area contributed by atoms with E-state index in [4.69, 9.17) is 5.73 Å². The van der Waals surface area contributed by atoms with Gasteiger partial charge in [-0.15, -0.1) is 0 Å². The third kappa shape index (κ3) is 4.45. The molecule has 0 radical (unpaired) electrons. The zero-order valence-corrected chi connectivity index (χ0v) is 12.4. The van der Waals surface area contributed by atoms with Crippen LogP contribution in [-0.2, 0) is 17.5 Å². The zero-order valence-electron chi connectivity index (χ0n) is 12.4. The Morgan fingerprint density at radius 2 is 2.05 bits per heavy atom. The first-order valence-corrected chi connectivity index (χ1v) is 7.12. The maximum Gasteiger partial charge on any atom is 0.416 e. The van der Waals surface area contributed by atoms with E-state index in [1.54, 1.807) is 6.07 Å². The van der Waals surface area contributed by atoms with Crippen molar-refractivity contribution in [2.75, 3.05) is 33.2 Å². The number of primary amides is 1. The Morgan fingerprint density at radius 1 is 1.32 bits per heavy atom. The van der Waals surface area contributed by atoms with Crippen LogP contribution in [-0.4, -0.2) is 48.9 Å². The second-order valence-corrected chi connectivity index (χ2v) is 5.79. The van der Waals surface area contributed by atoms with Crippen molar-refractivity contribution in [2.45, 2.75) is 12.7 Å². The van der Waals surface area contributed by atoms with Gasteiger partial charge in [0.05, 0.1) is 11.5 Å². The lowest BCUT2D eigenvalue weighted by Gasteiger charge is -2.22. The molecular weight excluding hydrogens is 295 g/mol. The maximum atomic E-state index is 12.7. The molecule has 1 aromatic carbocycles. The van der Waals surface area contributed by atoms with Gasteiger partial charge in [-0.3, -0.25) is 9.69 Å². The number of hydrogen-bond donors (Lipinski definition) is 1. The highest BCUT2D eigenvalue weighted by Crippen LogP contribution is 2.29.